The molecule has 1 aromatic rings. The van der Waals surface area contributed by atoms with E-state index < -0.39 is 0 Å². The number of hydrogen-bond donors (Lipinski definition) is 1. The van der Waals surface area contributed by atoms with E-state index in [1.54, 1.807) is 0 Å². The zero-order chi connectivity index (χ0) is 11.1. The number of nitrogens with zero attached hydrogens (tertiary/aromatic N) is 1. The van der Waals surface area contributed by atoms with Crippen LogP contribution in [0.3, 0.4) is 0 Å². The molecule has 0 aliphatic heterocycles. The fourth-order valence-corrected chi connectivity index (χ4v) is 1.99. The molecule has 0 aromatic carbocycles. The third kappa shape index (κ3) is 3.47. The summed E-state index contributed by atoms with van der Waals surface area (Å²) in [6.07, 6.45) is 3.90. The summed E-state index contributed by atoms with van der Waals surface area (Å²) in [4.78, 5) is 4.28. The average molecular weight is 227 g/mol. The Hall–Kier alpha value is -0.600. The van der Waals surface area contributed by atoms with E-state index in [2.05, 4.69) is 24.1 Å². The molecule has 0 amide bonds. The molecular weight excluding hydrogens is 208 g/mol. The van der Waals surface area contributed by atoms with Crippen molar-refractivity contribution in [3.63, 3.8) is 0 Å². The van der Waals surface area contributed by atoms with Gasteiger partial charge in [-0.15, -0.1) is 11.6 Å². The summed E-state index contributed by atoms with van der Waals surface area (Å²) >= 11 is 6.01. The molecule has 0 bridgehead atoms. The highest BCUT2D eigenvalue weighted by molar-refractivity contribution is 6.18. The van der Waals surface area contributed by atoms with E-state index in [1.807, 2.05) is 24.4 Å². The first-order valence-electron chi connectivity index (χ1n) is 5.47. The molecule has 1 rings (SSSR count). The van der Waals surface area contributed by atoms with Gasteiger partial charge in [0.15, 0.2) is 0 Å². The van der Waals surface area contributed by atoms with Crippen molar-refractivity contribution in [3.05, 3.63) is 30.1 Å². The molecule has 15 heavy (non-hydrogen) atoms. The first-order chi connectivity index (χ1) is 7.26. The van der Waals surface area contributed by atoms with Crippen LogP contribution in [0.4, 0.5) is 0 Å². The molecule has 0 fully saturated rings. The van der Waals surface area contributed by atoms with Crippen molar-refractivity contribution in [1.82, 2.24) is 10.3 Å². The SMILES string of the molecule is CCC(CC)(CCl)NCc1ccccn1. The molecule has 2 nitrogen and oxygen atoms in total. The predicted molar refractivity (Wildman–Crippen MR) is 65.1 cm³/mol. The van der Waals surface area contributed by atoms with Gasteiger partial charge in [0, 0.05) is 24.2 Å². The monoisotopic (exact) mass is 226 g/mol. The molecule has 0 aliphatic rings. The Kier molecular flexibility index (Phi) is 5.06. The van der Waals surface area contributed by atoms with Gasteiger partial charge >= 0.3 is 0 Å². The molecule has 1 heterocycles. The largest absolute Gasteiger partial charge is 0.304 e. The van der Waals surface area contributed by atoms with Gasteiger partial charge in [0.2, 0.25) is 0 Å². The Morgan fingerprint density at radius 3 is 2.53 bits per heavy atom. The van der Waals surface area contributed by atoms with Crippen molar-refractivity contribution in [1.29, 1.82) is 0 Å². The van der Waals surface area contributed by atoms with Crippen LogP contribution in [-0.4, -0.2) is 16.4 Å². The number of aromatic nitrogens is 1. The van der Waals surface area contributed by atoms with E-state index in [1.165, 1.54) is 0 Å². The number of hydrogen-bond acceptors (Lipinski definition) is 2. The van der Waals surface area contributed by atoms with Gasteiger partial charge < -0.3 is 5.32 Å². The third-order valence-corrected chi connectivity index (χ3v) is 3.49. The molecular formula is C12H19ClN2. The average Bonchev–Trinajstić information content (AvgIpc) is 2.33. The van der Waals surface area contributed by atoms with E-state index in [0.717, 1.165) is 25.1 Å². The molecule has 0 aliphatic carbocycles. The first kappa shape index (κ1) is 12.5. The van der Waals surface area contributed by atoms with Crippen molar-refractivity contribution in [2.45, 2.75) is 38.8 Å². The van der Waals surface area contributed by atoms with Gasteiger partial charge in [-0.05, 0) is 25.0 Å². The van der Waals surface area contributed by atoms with Crippen LogP contribution in [0.5, 0.6) is 0 Å². The third-order valence-electron chi connectivity index (χ3n) is 2.98. The first-order valence-corrected chi connectivity index (χ1v) is 6.00. The minimum atomic E-state index is 0.0546. The molecule has 1 aromatic heterocycles. The summed E-state index contributed by atoms with van der Waals surface area (Å²) < 4.78 is 0. The molecule has 0 saturated carbocycles. The standard InChI is InChI=1S/C12H19ClN2/c1-3-12(4-2,10-13)15-9-11-7-5-6-8-14-11/h5-8,15H,3-4,9-10H2,1-2H3. The molecule has 0 saturated heterocycles. The summed E-state index contributed by atoms with van der Waals surface area (Å²) in [5.74, 6) is 0.646. The minimum absolute atomic E-state index is 0.0546. The van der Waals surface area contributed by atoms with Crippen LogP contribution in [0.2, 0.25) is 0 Å². The lowest BCUT2D eigenvalue weighted by Crippen LogP contribution is -2.45. The van der Waals surface area contributed by atoms with Crippen LogP contribution in [0.25, 0.3) is 0 Å². The fraction of sp³-hybridized carbons (Fsp3) is 0.583. The Bertz CT molecular complexity index is 262. The zero-order valence-electron chi connectivity index (χ0n) is 9.46. The lowest BCUT2D eigenvalue weighted by molar-refractivity contribution is 0.332. The van der Waals surface area contributed by atoms with Gasteiger partial charge in [-0.3, -0.25) is 4.98 Å². The maximum absolute atomic E-state index is 6.01. The van der Waals surface area contributed by atoms with Crippen LogP contribution in [-0.2, 0) is 6.54 Å². The van der Waals surface area contributed by atoms with Crippen LogP contribution in [0.1, 0.15) is 32.4 Å². The highest BCUT2D eigenvalue weighted by Crippen LogP contribution is 2.17. The molecule has 0 spiro atoms. The smallest absolute Gasteiger partial charge is 0.0541 e. The van der Waals surface area contributed by atoms with E-state index in [0.29, 0.717) is 5.88 Å². The second-order valence-electron chi connectivity index (χ2n) is 3.80. The van der Waals surface area contributed by atoms with E-state index in [9.17, 15) is 0 Å². The Morgan fingerprint density at radius 1 is 1.33 bits per heavy atom. The Balaban J connectivity index is 2.54. The molecule has 1 N–H and O–H groups in total. The van der Waals surface area contributed by atoms with Gasteiger partial charge in [0.05, 0.1) is 5.69 Å². The summed E-state index contributed by atoms with van der Waals surface area (Å²) in [5.41, 5.74) is 1.12. The fourth-order valence-electron chi connectivity index (χ4n) is 1.52. The van der Waals surface area contributed by atoms with Gasteiger partial charge in [-0.2, -0.15) is 0 Å². The van der Waals surface area contributed by atoms with Crippen molar-refractivity contribution >= 4 is 11.6 Å². The zero-order valence-corrected chi connectivity index (χ0v) is 10.2. The van der Waals surface area contributed by atoms with Crippen molar-refractivity contribution < 1.29 is 0 Å². The Morgan fingerprint density at radius 2 is 2.07 bits per heavy atom. The molecule has 0 unspecified atom stereocenters. The van der Waals surface area contributed by atoms with E-state index >= 15 is 0 Å². The number of rotatable bonds is 6. The number of alkyl halides is 1. The minimum Gasteiger partial charge on any atom is -0.304 e. The van der Waals surface area contributed by atoms with Gasteiger partial charge in [0.1, 0.15) is 0 Å². The summed E-state index contributed by atoms with van der Waals surface area (Å²) in [5, 5.41) is 3.50. The number of nitrogens with one attached hydrogen (secondary N) is 1. The molecule has 3 heteroatoms. The maximum Gasteiger partial charge on any atom is 0.0541 e. The summed E-state index contributed by atoms with van der Waals surface area (Å²) in [6.45, 7) is 5.11. The lowest BCUT2D eigenvalue weighted by Gasteiger charge is -2.30. The maximum atomic E-state index is 6.01. The highest BCUT2D eigenvalue weighted by atomic mass is 35.5. The van der Waals surface area contributed by atoms with Crippen LogP contribution >= 0.6 is 11.6 Å². The summed E-state index contributed by atoms with van der Waals surface area (Å²) in [7, 11) is 0. The second kappa shape index (κ2) is 6.09. The predicted octanol–water partition coefficient (Wildman–Crippen LogP) is 2.97. The number of pyridine rings is 1. The highest BCUT2D eigenvalue weighted by Gasteiger charge is 2.23. The van der Waals surface area contributed by atoms with Crippen LogP contribution in [0, 0.1) is 0 Å². The van der Waals surface area contributed by atoms with E-state index in [4.69, 9.17) is 11.6 Å². The Labute approximate surface area is 97.1 Å². The van der Waals surface area contributed by atoms with Crippen molar-refractivity contribution in [3.8, 4) is 0 Å². The van der Waals surface area contributed by atoms with Crippen LogP contribution < -0.4 is 5.32 Å². The lowest BCUT2D eigenvalue weighted by atomic mass is 9.95. The van der Waals surface area contributed by atoms with Gasteiger partial charge in [-0.25, -0.2) is 0 Å². The normalized spacial score (nSPS) is 11.7. The van der Waals surface area contributed by atoms with Gasteiger partial charge in [0.25, 0.3) is 0 Å². The van der Waals surface area contributed by atoms with E-state index in [-0.39, 0.29) is 5.54 Å². The number of halogens is 1. The van der Waals surface area contributed by atoms with Crippen LogP contribution in [0.15, 0.2) is 24.4 Å². The second-order valence-corrected chi connectivity index (χ2v) is 4.06. The molecule has 84 valence electrons. The van der Waals surface area contributed by atoms with Gasteiger partial charge in [-0.1, -0.05) is 19.9 Å². The quantitative estimate of drug-likeness (QED) is 0.755. The topological polar surface area (TPSA) is 24.9 Å². The summed E-state index contributed by atoms with van der Waals surface area (Å²) in [6, 6.07) is 5.96. The molecule has 0 atom stereocenters. The van der Waals surface area contributed by atoms with Crippen molar-refractivity contribution in [2.24, 2.45) is 0 Å². The van der Waals surface area contributed by atoms with Crippen molar-refractivity contribution in [2.75, 3.05) is 5.88 Å². The molecule has 0 radical (unpaired) electrons.